The highest BCUT2D eigenvalue weighted by Crippen LogP contribution is 2.44. The van der Waals surface area contributed by atoms with E-state index in [2.05, 4.69) is 84.6 Å². The van der Waals surface area contributed by atoms with Gasteiger partial charge in [-0.3, -0.25) is 4.99 Å². The van der Waals surface area contributed by atoms with Crippen LogP contribution in [0.3, 0.4) is 0 Å². The monoisotopic (exact) mass is 480 g/mol. The van der Waals surface area contributed by atoms with Crippen molar-refractivity contribution >= 4 is 17.9 Å². The lowest BCUT2D eigenvalue weighted by Crippen LogP contribution is -2.47. The SMILES string of the molecule is CCc1cccc(Cl)c1C(O)C1CN(C(c2ccccc2)(c2ccccc2)c2ccccc2)C=N1. The van der Waals surface area contributed by atoms with Crippen LogP contribution < -0.4 is 0 Å². The van der Waals surface area contributed by atoms with Gasteiger partial charge in [-0.2, -0.15) is 0 Å². The van der Waals surface area contributed by atoms with E-state index in [0.29, 0.717) is 11.6 Å². The molecule has 0 bridgehead atoms. The van der Waals surface area contributed by atoms with Gasteiger partial charge in [0.1, 0.15) is 11.6 Å². The van der Waals surface area contributed by atoms with Gasteiger partial charge >= 0.3 is 0 Å². The first-order valence-electron chi connectivity index (χ1n) is 12.1. The number of aliphatic hydroxyl groups excluding tert-OH is 1. The first-order valence-corrected chi connectivity index (χ1v) is 12.5. The molecule has 1 aliphatic rings. The van der Waals surface area contributed by atoms with Crippen molar-refractivity contribution < 1.29 is 5.11 Å². The maximum atomic E-state index is 11.5. The van der Waals surface area contributed by atoms with Crippen molar-refractivity contribution in [1.29, 1.82) is 0 Å². The topological polar surface area (TPSA) is 35.8 Å². The maximum Gasteiger partial charge on any atom is 0.117 e. The highest BCUT2D eigenvalue weighted by atomic mass is 35.5. The lowest BCUT2D eigenvalue weighted by molar-refractivity contribution is 0.133. The Balaban J connectivity index is 1.63. The van der Waals surface area contributed by atoms with Crippen molar-refractivity contribution in [1.82, 2.24) is 4.90 Å². The summed E-state index contributed by atoms with van der Waals surface area (Å²) >= 11 is 6.57. The molecule has 0 aliphatic carbocycles. The average Bonchev–Trinajstić information content (AvgIpc) is 3.41. The third kappa shape index (κ3) is 4.16. The Labute approximate surface area is 212 Å². The van der Waals surface area contributed by atoms with Crippen molar-refractivity contribution in [3.8, 4) is 0 Å². The number of rotatable bonds is 7. The minimum Gasteiger partial charge on any atom is -0.386 e. The molecule has 0 amide bonds. The number of nitrogens with zero attached hydrogens (tertiary/aromatic N) is 2. The summed E-state index contributed by atoms with van der Waals surface area (Å²) in [6, 6.07) is 37.1. The number of benzene rings is 4. The van der Waals surface area contributed by atoms with E-state index in [4.69, 9.17) is 16.6 Å². The molecule has 2 unspecified atom stereocenters. The van der Waals surface area contributed by atoms with Crippen LogP contribution in [-0.2, 0) is 12.0 Å². The van der Waals surface area contributed by atoms with Crippen LogP contribution in [0.1, 0.15) is 40.8 Å². The zero-order valence-electron chi connectivity index (χ0n) is 19.8. The van der Waals surface area contributed by atoms with Crippen molar-refractivity contribution in [3.05, 3.63) is 142 Å². The molecule has 4 aromatic rings. The molecule has 0 saturated carbocycles. The molecule has 0 radical (unpaired) electrons. The Bertz CT molecular complexity index is 1190. The Morgan fingerprint density at radius 1 is 0.829 bits per heavy atom. The molecule has 4 aromatic carbocycles. The molecule has 0 aromatic heterocycles. The van der Waals surface area contributed by atoms with Gasteiger partial charge in [-0.05, 0) is 34.7 Å². The predicted molar refractivity (Wildman–Crippen MR) is 144 cm³/mol. The molecule has 4 heteroatoms. The molecule has 5 rings (SSSR count). The van der Waals surface area contributed by atoms with E-state index in [9.17, 15) is 5.11 Å². The summed E-state index contributed by atoms with van der Waals surface area (Å²) in [4.78, 5) is 7.11. The molecule has 1 aliphatic heterocycles. The van der Waals surface area contributed by atoms with E-state index in [1.54, 1.807) is 0 Å². The number of hydrogen-bond acceptors (Lipinski definition) is 3. The van der Waals surface area contributed by atoms with Crippen LogP contribution in [0.2, 0.25) is 5.02 Å². The smallest absolute Gasteiger partial charge is 0.117 e. The molecule has 0 fully saturated rings. The van der Waals surface area contributed by atoms with E-state index >= 15 is 0 Å². The van der Waals surface area contributed by atoms with Crippen LogP contribution in [0, 0.1) is 0 Å². The summed E-state index contributed by atoms with van der Waals surface area (Å²) < 4.78 is 0. The lowest BCUT2D eigenvalue weighted by atomic mass is 9.75. The van der Waals surface area contributed by atoms with Crippen molar-refractivity contribution in [2.45, 2.75) is 31.0 Å². The highest BCUT2D eigenvalue weighted by Gasteiger charge is 2.44. The van der Waals surface area contributed by atoms with Gasteiger partial charge in [0, 0.05) is 17.1 Å². The zero-order valence-corrected chi connectivity index (χ0v) is 20.5. The van der Waals surface area contributed by atoms with Crippen LogP contribution in [0.5, 0.6) is 0 Å². The number of aryl methyl sites for hydroxylation is 1. The Kier molecular flexibility index (Phi) is 6.72. The third-order valence-electron chi connectivity index (χ3n) is 6.97. The molecule has 1 N–H and O–H groups in total. The first kappa shape index (κ1) is 23.3. The lowest BCUT2D eigenvalue weighted by Gasteiger charge is -2.43. The Hall–Kier alpha value is -3.40. The minimum absolute atomic E-state index is 0.337. The van der Waals surface area contributed by atoms with Crippen LogP contribution >= 0.6 is 11.6 Å². The fourth-order valence-electron chi connectivity index (χ4n) is 5.32. The van der Waals surface area contributed by atoms with Crippen LogP contribution in [0.15, 0.2) is 114 Å². The number of halogens is 1. The predicted octanol–water partition coefficient (Wildman–Crippen LogP) is 6.64. The van der Waals surface area contributed by atoms with Crippen molar-refractivity contribution in [2.75, 3.05) is 6.54 Å². The minimum atomic E-state index is -0.792. The van der Waals surface area contributed by atoms with E-state index in [-0.39, 0.29) is 6.04 Å². The van der Waals surface area contributed by atoms with Crippen molar-refractivity contribution in [2.24, 2.45) is 4.99 Å². The van der Waals surface area contributed by atoms with Gasteiger partial charge in [0.15, 0.2) is 0 Å². The maximum absolute atomic E-state index is 11.5. The van der Waals surface area contributed by atoms with Gasteiger partial charge < -0.3 is 10.0 Å². The second-order valence-electron chi connectivity index (χ2n) is 8.90. The fourth-order valence-corrected chi connectivity index (χ4v) is 5.62. The molecular formula is C31H29ClN2O. The molecule has 35 heavy (non-hydrogen) atoms. The summed E-state index contributed by atoms with van der Waals surface area (Å²) in [5.41, 5.74) is 4.67. The summed E-state index contributed by atoms with van der Waals surface area (Å²) in [7, 11) is 0. The van der Waals surface area contributed by atoms with Gasteiger partial charge in [-0.1, -0.05) is 122 Å². The summed E-state index contributed by atoms with van der Waals surface area (Å²) in [5, 5.41) is 12.1. The normalized spacial score (nSPS) is 16.4. The van der Waals surface area contributed by atoms with Crippen LogP contribution in [0.4, 0.5) is 0 Å². The standard InChI is InChI=1S/C31H29ClN2O/c1-2-23-13-12-20-27(32)29(23)30(35)28-21-34(22-33-28)31(24-14-6-3-7-15-24,25-16-8-4-9-17-25)26-18-10-5-11-19-26/h3-20,22,28,30,35H,2,21H2,1H3. The number of hydrogen-bond donors (Lipinski definition) is 1. The summed E-state index contributed by atoms with van der Waals surface area (Å²) in [5.74, 6) is 0. The van der Waals surface area contributed by atoms with Gasteiger partial charge in [0.05, 0.1) is 12.4 Å². The molecule has 0 spiro atoms. The summed E-state index contributed by atoms with van der Waals surface area (Å²) in [6.45, 7) is 2.63. The van der Waals surface area contributed by atoms with Crippen LogP contribution in [-0.4, -0.2) is 28.9 Å². The van der Waals surface area contributed by atoms with E-state index in [0.717, 1.165) is 34.2 Å². The van der Waals surface area contributed by atoms with Gasteiger partial charge in [0.2, 0.25) is 0 Å². The van der Waals surface area contributed by atoms with Crippen molar-refractivity contribution in [3.63, 3.8) is 0 Å². The third-order valence-corrected chi connectivity index (χ3v) is 7.30. The second kappa shape index (κ2) is 10.1. The quantitative estimate of drug-likeness (QED) is 0.301. The molecular weight excluding hydrogens is 452 g/mol. The molecule has 0 saturated heterocycles. The second-order valence-corrected chi connectivity index (χ2v) is 9.31. The molecule has 176 valence electrons. The van der Waals surface area contributed by atoms with E-state index < -0.39 is 11.6 Å². The largest absolute Gasteiger partial charge is 0.386 e. The Morgan fingerprint density at radius 3 is 1.83 bits per heavy atom. The van der Waals surface area contributed by atoms with Gasteiger partial charge in [-0.15, -0.1) is 0 Å². The molecule has 3 nitrogen and oxygen atoms in total. The summed E-state index contributed by atoms with van der Waals surface area (Å²) in [6.07, 6.45) is 1.92. The highest BCUT2D eigenvalue weighted by molar-refractivity contribution is 6.31. The van der Waals surface area contributed by atoms with E-state index in [1.807, 2.05) is 42.7 Å². The van der Waals surface area contributed by atoms with Gasteiger partial charge in [0.25, 0.3) is 0 Å². The van der Waals surface area contributed by atoms with E-state index in [1.165, 1.54) is 0 Å². The Morgan fingerprint density at radius 2 is 1.34 bits per heavy atom. The number of aliphatic imine (C=N–C) groups is 1. The first-order chi connectivity index (χ1) is 17.2. The number of aliphatic hydroxyl groups is 1. The molecule has 1 heterocycles. The van der Waals surface area contributed by atoms with Gasteiger partial charge in [-0.25, -0.2) is 0 Å². The molecule has 2 atom stereocenters. The fraction of sp³-hybridized carbons (Fsp3) is 0.194. The average molecular weight is 481 g/mol. The zero-order chi connectivity index (χ0) is 24.3. The van der Waals surface area contributed by atoms with Crippen LogP contribution in [0.25, 0.3) is 0 Å².